The maximum absolute atomic E-state index is 11.5. The first-order valence-corrected chi connectivity index (χ1v) is 6.30. The third-order valence-corrected chi connectivity index (χ3v) is 3.78. The summed E-state index contributed by atoms with van der Waals surface area (Å²) in [5, 5.41) is 0. The Kier molecular flexibility index (Phi) is 1.93. The number of nitrogens with zero attached hydrogens (tertiary/aromatic N) is 2. The lowest BCUT2D eigenvalue weighted by atomic mass is 10.1. The third kappa shape index (κ3) is 1.43. The predicted octanol–water partition coefficient (Wildman–Crippen LogP) is 1.94. The summed E-state index contributed by atoms with van der Waals surface area (Å²) in [6.07, 6.45) is 8.20. The number of fused-ring (bicyclic) bond motifs is 2. The van der Waals surface area contributed by atoms with Gasteiger partial charge in [-0.3, -0.25) is 4.79 Å². The average Bonchev–Trinajstić information content (AvgIpc) is 3.02. The fraction of sp³-hybridized carbons (Fsp3) is 0.133. The molecule has 1 saturated heterocycles. The Hall–Kier alpha value is -2.49. The molecule has 1 unspecified atom stereocenters. The monoisotopic (exact) mass is 251 g/mol. The van der Waals surface area contributed by atoms with Crippen LogP contribution in [0.4, 0.5) is 0 Å². The molecular weight excluding hydrogens is 238 g/mol. The molecule has 4 heterocycles. The number of rotatable bonds is 1. The van der Waals surface area contributed by atoms with Gasteiger partial charge in [0.05, 0.1) is 17.1 Å². The normalized spacial score (nSPS) is 19.8. The standard InChI is InChI=1S/C15H13N3O/c16-15(19)11-5-7-13-14-9-17(14)8-2-1-3-10-4-6-12(11)18(10)13/h1-8,14H,9H2,(H2,16,19). The molecule has 94 valence electrons. The number of amides is 1. The summed E-state index contributed by atoms with van der Waals surface area (Å²) in [5.41, 5.74) is 9.19. The first-order valence-electron chi connectivity index (χ1n) is 6.30. The molecule has 4 rings (SSSR count). The van der Waals surface area contributed by atoms with Gasteiger partial charge in [-0.05, 0) is 42.6 Å². The van der Waals surface area contributed by atoms with Crippen molar-refractivity contribution in [3.05, 3.63) is 59.6 Å². The zero-order valence-electron chi connectivity index (χ0n) is 10.3. The summed E-state index contributed by atoms with van der Waals surface area (Å²) in [6.45, 7) is 1.02. The molecule has 0 aromatic carbocycles. The molecule has 0 aliphatic carbocycles. The summed E-state index contributed by atoms with van der Waals surface area (Å²) in [4.78, 5) is 13.8. The SMILES string of the molecule is NC(=O)c1ccc2n3c(ccc13)C=CC=CN1CC21. The van der Waals surface area contributed by atoms with Gasteiger partial charge in [0.15, 0.2) is 0 Å². The lowest BCUT2D eigenvalue weighted by Crippen LogP contribution is -2.13. The number of hydrogen-bond donors (Lipinski definition) is 1. The van der Waals surface area contributed by atoms with Crippen LogP contribution in [0.15, 0.2) is 42.6 Å². The Morgan fingerprint density at radius 3 is 2.95 bits per heavy atom. The van der Waals surface area contributed by atoms with Crippen LogP contribution in [0.1, 0.15) is 27.8 Å². The summed E-state index contributed by atoms with van der Waals surface area (Å²) in [5.74, 6) is -0.383. The van der Waals surface area contributed by atoms with E-state index < -0.39 is 0 Å². The molecule has 2 N–H and O–H groups in total. The molecule has 4 heteroatoms. The number of carbonyl (C=O) groups is 1. The Bertz CT molecular complexity index is 754. The average molecular weight is 251 g/mol. The van der Waals surface area contributed by atoms with E-state index in [-0.39, 0.29) is 5.91 Å². The number of pyridine rings is 1. The van der Waals surface area contributed by atoms with Crippen LogP contribution < -0.4 is 5.73 Å². The second kappa shape index (κ2) is 3.51. The van der Waals surface area contributed by atoms with Crippen molar-refractivity contribution in [3.8, 4) is 0 Å². The number of allylic oxidation sites excluding steroid dienone is 2. The van der Waals surface area contributed by atoms with Crippen molar-refractivity contribution in [1.82, 2.24) is 9.30 Å². The van der Waals surface area contributed by atoms with E-state index in [1.165, 1.54) is 5.69 Å². The molecule has 0 spiro atoms. The Morgan fingerprint density at radius 2 is 2.11 bits per heavy atom. The van der Waals surface area contributed by atoms with Crippen LogP contribution in [-0.4, -0.2) is 21.8 Å². The molecule has 0 saturated carbocycles. The van der Waals surface area contributed by atoms with Gasteiger partial charge in [0.25, 0.3) is 5.91 Å². The summed E-state index contributed by atoms with van der Waals surface area (Å²) in [7, 11) is 0. The third-order valence-electron chi connectivity index (χ3n) is 3.78. The van der Waals surface area contributed by atoms with Gasteiger partial charge in [0.1, 0.15) is 0 Å². The van der Waals surface area contributed by atoms with Gasteiger partial charge in [0.2, 0.25) is 0 Å². The summed E-state index contributed by atoms with van der Waals surface area (Å²) < 4.78 is 2.13. The van der Waals surface area contributed by atoms with Crippen molar-refractivity contribution in [2.75, 3.05) is 6.54 Å². The zero-order valence-corrected chi connectivity index (χ0v) is 10.3. The van der Waals surface area contributed by atoms with Crippen LogP contribution in [0.2, 0.25) is 0 Å². The van der Waals surface area contributed by atoms with Crippen LogP contribution in [0.5, 0.6) is 0 Å². The first-order chi connectivity index (χ1) is 9.25. The lowest BCUT2D eigenvalue weighted by Gasteiger charge is -2.10. The first kappa shape index (κ1) is 10.4. The van der Waals surface area contributed by atoms with E-state index in [9.17, 15) is 4.79 Å². The summed E-state index contributed by atoms with van der Waals surface area (Å²) in [6, 6.07) is 8.22. The number of nitrogens with two attached hydrogens (primary N) is 1. The van der Waals surface area contributed by atoms with Crippen LogP contribution in [0.25, 0.3) is 11.6 Å². The zero-order chi connectivity index (χ0) is 13.0. The van der Waals surface area contributed by atoms with Gasteiger partial charge in [0, 0.05) is 17.9 Å². The van der Waals surface area contributed by atoms with Gasteiger partial charge in [-0.2, -0.15) is 0 Å². The predicted molar refractivity (Wildman–Crippen MR) is 73.5 cm³/mol. The topological polar surface area (TPSA) is 50.5 Å². The molecular formula is C15H13N3O. The molecule has 0 bridgehead atoms. The minimum absolute atomic E-state index is 0.383. The second-order valence-corrected chi connectivity index (χ2v) is 4.93. The van der Waals surface area contributed by atoms with Gasteiger partial charge in [-0.15, -0.1) is 0 Å². The summed E-state index contributed by atoms with van der Waals surface area (Å²) >= 11 is 0. The van der Waals surface area contributed by atoms with Crippen molar-refractivity contribution >= 4 is 17.5 Å². The number of hydrogen-bond acceptors (Lipinski definition) is 2. The van der Waals surface area contributed by atoms with Crippen LogP contribution in [0.3, 0.4) is 0 Å². The van der Waals surface area contributed by atoms with Crippen LogP contribution in [0, 0.1) is 0 Å². The highest BCUT2D eigenvalue weighted by atomic mass is 16.1. The van der Waals surface area contributed by atoms with Crippen LogP contribution in [-0.2, 0) is 0 Å². The second-order valence-electron chi connectivity index (χ2n) is 4.93. The largest absolute Gasteiger partial charge is 0.366 e. The molecule has 2 aliphatic heterocycles. The molecule has 1 amide bonds. The molecule has 4 nitrogen and oxygen atoms in total. The molecule has 2 aliphatic rings. The smallest absolute Gasteiger partial charge is 0.250 e. The van der Waals surface area contributed by atoms with E-state index >= 15 is 0 Å². The fourth-order valence-electron chi connectivity index (χ4n) is 2.77. The van der Waals surface area contributed by atoms with Gasteiger partial charge in [-0.25, -0.2) is 0 Å². The fourth-order valence-corrected chi connectivity index (χ4v) is 2.77. The highest BCUT2D eigenvalue weighted by Crippen LogP contribution is 2.37. The molecule has 1 fully saturated rings. The van der Waals surface area contributed by atoms with Gasteiger partial charge < -0.3 is 15.0 Å². The van der Waals surface area contributed by atoms with E-state index in [0.29, 0.717) is 11.6 Å². The Balaban J connectivity index is 2.07. The molecule has 2 aromatic rings. The highest BCUT2D eigenvalue weighted by Gasteiger charge is 2.35. The van der Waals surface area contributed by atoms with E-state index in [1.807, 2.05) is 42.5 Å². The highest BCUT2D eigenvalue weighted by molar-refractivity contribution is 6.00. The van der Waals surface area contributed by atoms with Crippen LogP contribution >= 0.6 is 0 Å². The Morgan fingerprint density at radius 1 is 1.21 bits per heavy atom. The maximum Gasteiger partial charge on any atom is 0.250 e. The number of primary amides is 1. The molecule has 0 radical (unpaired) electrons. The van der Waals surface area contributed by atoms with Gasteiger partial charge in [-0.1, -0.05) is 6.08 Å². The van der Waals surface area contributed by atoms with Crippen molar-refractivity contribution in [3.63, 3.8) is 0 Å². The van der Waals surface area contributed by atoms with E-state index in [2.05, 4.69) is 15.5 Å². The molecule has 19 heavy (non-hydrogen) atoms. The molecule has 1 atom stereocenters. The van der Waals surface area contributed by atoms with Crippen molar-refractivity contribution in [1.29, 1.82) is 0 Å². The van der Waals surface area contributed by atoms with Gasteiger partial charge >= 0.3 is 0 Å². The number of aromatic nitrogens is 1. The minimum Gasteiger partial charge on any atom is -0.366 e. The van der Waals surface area contributed by atoms with Crippen molar-refractivity contribution in [2.45, 2.75) is 6.04 Å². The maximum atomic E-state index is 11.5. The van der Waals surface area contributed by atoms with Crippen molar-refractivity contribution in [2.24, 2.45) is 5.73 Å². The Labute approximate surface area is 110 Å². The minimum atomic E-state index is -0.383. The van der Waals surface area contributed by atoms with Crippen molar-refractivity contribution < 1.29 is 4.79 Å². The number of carbonyl (C=O) groups excluding carboxylic acids is 1. The quantitative estimate of drug-likeness (QED) is 0.787. The lowest BCUT2D eigenvalue weighted by molar-refractivity contribution is 0.100. The van der Waals surface area contributed by atoms with E-state index in [0.717, 1.165) is 17.8 Å². The van der Waals surface area contributed by atoms with E-state index in [1.54, 1.807) is 0 Å². The molecule has 2 aromatic heterocycles. The van der Waals surface area contributed by atoms with E-state index in [4.69, 9.17) is 5.73 Å².